The van der Waals surface area contributed by atoms with E-state index in [1.807, 2.05) is 20.8 Å². The molecule has 0 aromatic carbocycles. The number of hydrogen-bond acceptors (Lipinski definition) is 3. The Morgan fingerprint density at radius 3 is 1.92 bits per heavy atom. The molecule has 0 fully saturated rings. The molecule has 12 heavy (non-hydrogen) atoms. The minimum absolute atomic E-state index is 0. The molecule has 0 aromatic heterocycles. The van der Waals surface area contributed by atoms with Crippen molar-refractivity contribution < 1.29 is 13.0 Å². The summed E-state index contributed by atoms with van der Waals surface area (Å²) in [5.41, 5.74) is 0.116. The van der Waals surface area contributed by atoms with Gasteiger partial charge in [0.25, 0.3) is 0 Å². The van der Waals surface area contributed by atoms with E-state index in [2.05, 4.69) is 0 Å². The van der Waals surface area contributed by atoms with E-state index >= 15 is 0 Å². The standard InChI is InChI=1S/C7H16O3S.CH4/c1-7(2,3)5-4-6-11(8,9)10;/h4-6H2,1-3H3,(H,8,9,10);1H4/p-1. The Morgan fingerprint density at radius 2 is 1.67 bits per heavy atom. The van der Waals surface area contributed by atoms with Gasteiger partial charge in [0.1, 0.15) is 0 Å². The Kier molecular flexibility index (Phi) is 5.80. The molecule has 0 bridgehead atoms. The van der Waals surface area contributed by atoms with Crippen LogP contribution in [0.1, 0.15) is 41.0 Å². The molecule has 0 saturated carbocycles. The monoisotopic (exact) mass is 195 g/mol. The SMILES string of the molecule is C.CC(C)(C)CCCS(=O)(=O)[O-]. The average Bonchev–Trinajstić information content (AvgIpc) is 1.55. The minimum atomic E-state index is -4.00. The predicted octanol–water partition coefficient (Wildman–Crippen LogP) is 1.99. The second-order valence-electron chi connectivity index (χ2n) is 3.93. The minimum Gasteiger partial charge on any atom is -0.748 e. The van der Waals surface area contributed by atoms with Gasteiger partial charge in [-0.05, 0) is 18.3 Å². The van der Waals surface area contributed by atoms with E-state index in [1.54, 1.807) is 0 Å². The van der Waals surface area contributed by atoms with Gasteiger partial charge in [-0.3, -0.25) is 0 Å². The first-order chi connectivity index (χ1) is 4.71. The lowest BCUT2D eigenvalue weighted by Gasteiger charge is -2.18. The molecule has 0 spiro atoms. The van der Waals surface area contributed by atoms with Gasteiger partial charge in [0, 0.05) is 5.75 Å². The molecule has 0 aliphatic rings. The van der Waals surface area contributed by atoms with E-state index in [-0.39, 0.29) is 18.6 Å². The zero-order valence-corrected chi connectivity index (χ0v) is 8.07. The van der Waals surface area contributed by atoms with E-state index < -0.39 is 10.1 Å². The molecular formula is C8H19O3S-. The zero-order valence-electron chi connectivity index (χ0n) is 7.25. The van der Waals surface area contributed by atoms with Gasteiger partial charge < -0.3 is 4.55 Å². The van der Waals surface area contributed by atoms with Crippen LogP contribution in [0.3, 0.4) is 0 Å². The summed E-state index contributed by atoms with van der Waals surface area (Å²) in [6.07, 6.45) is 1.24. The Bertz CT molecular complexity index is 199. The number of hydrogen-bond donors (Lipinski definition) is 0. The van der Waals surface area contributed by atoms with Crippen LogP contribution >= 0.6 is 0 Å². The normalized spacial score (nSPS) is 12.3. The lowest BCUT2D eigenvalue weighted by Crippen LogP contribution is -2.10. The highest BCUT2D eigenvalue weighted by Gasteiger charge is 2.09. The van der Waals surface area contributed by atoms with Crippen LogP contribution in [0.5, 0.6) is 0 Å². The molecule has 0 heterocycles. The van der Waals surface area contributed by atoms with Gasteiger partial charge in [-0.1, -0.05) is 28.2 Å². The quantitative estimate of drug-likeness (QED) is 0.647. The number of rotatable bonds is 3. The van der Waals surface area contributed by atoms with Crippen molar-refractivity contribution in [1.82, 2.24) is 0 Å². The maximum absolute atomic E-state index is 10.2. The summed E-state index contributed by atoms with van der Waals surface area (Å²) in [7, 11) is -4.00. The van der Waals surface area contributed by atoms with Crippen LogP contribution in [0.15, 0.2) is 0 Å². The lowest BCUT2D eigenvalue weighted by molar-refractivity contribution is 0.370. The third-order valence-corrected chi connectivity index (χ3v) is 2.11. The molecule has 0 radical (unpaired) electrons. The van der Waals surface area contributed by atoms with Crippen LogP contribution in [0.2, 0.25) is 0 Å². The van der Waals surface area contributed by atoms with Gasteiger partial charge in [-0.2, -0.15) is 0 Å². The van der Waals surface area contributed by atoms with Crippen molar-refractivity contribution in [2.75, 3.05) is 5.75 Å². The molecule has 0 aliphatic heterocycles. The van der Waals surface area contributed by atoms with E-state index in [0.29, 0.717) is 6.42 Å². The third kappa shape index (κ3) is 12.6. The molecule has 0 unspecified atom stereocenters. The van der Waals surface area contributed by atoms with E-state index in [4.69, 9.17) is 0 Å². The Hall–Kier alpha value is -0.0900. The highest BCUT2D eigenvalue weighted by Crippen LogP contribution is 2.20. The summed E-state index contributed by atoms with van der Waals surface area (Å²) in [6, 6.07) is 0. The van der Waals surface area contributed by atoms with Gasteiger partial charge in [0.05, 0.1) is 10.1 Å². The first-order valence-electron chi connectivity index (χ1n) is 3.64. The molecular weight excluding hydrogens is 176 g/mol. The molecule has 76 valence electrons. The van der Waals surface area contributed by atoms with Gasteiger partial charge in [-0.15, -0.1) is 0 Å². The lowest BCUT2D eigenvalue weighted by atomic mass is 9.91. The van der Waals surface area contributed by atoms with Crippen molar-refractivity contribution >= 4 is 10.1 Å². The van der Waals surface area contributed by atoms with Crippen LogP contribution in [0, 0.1) is 5.41 Å². The molecule has 0 rings (SSSR count). The van der Waals surface area contributed by atoms with E-state index in [1.165, 1.54) is 0 Å². The molecule has 0 aromatic rings. The highest BCUT2D eigenvalue weighted by molar-refractivity contribution is 7.85. The van der Waals surface area contributed by atoms with Crippen molar-refractivity contribution in [2.45, 2.75) is 41.0 Å². The van der Waals surface area contributed by atoms with E-state index in [9.17, 15) is 13.0 Å². The maximum Gasteiger partial charge on any atom is 0.0945 e. The smallest absolute Gasteiger partial charge is 0.0945 e. The predicted molar refractivity (Wildman–Crippen MR) is 50.0 cm³/mol. The molecule has 4 heteroatoms. The first kappa shape index (κ1) is 14.4. The molecule has 0 N–H and O–H groups in total. The van der Waals surface area contributed by atoms with E-state index in [0.717, 1.165) is 6.42 Å². The topological polar surface area (TPSA) is 57.2 Å². The third-order valence-electron chi connectivity index (χ3n) is 1.32. The fourth-order valence-corrected chi connectivity index (χ4v) is 1.28. The summed E-state index contributed by atoms with van der Waals surface area (Å²) in [5.74, 6) is -0.232. The molecule has 0 saturated heterocycles. The molecule has 0 aliphatic carbocycles. The second kappa shape index (κ2) is 4.82. The van der Waals surface area contributed by atoms with Crippen molar-refractivity contribution in [2.24, 2.45) is 5.41 Å². The largest absolute Gasteiger partial charge is 0.748 e. The maximum atomic E-state index is 10.2. The van der Waals surface area contributed by atoms with Gasteiger partial charge in [0.2, 0.25) is 0 Å². The van der Waals surface area contributed by atoms with Crippen LogP contribution in [-0.2, 0) is 10.1 Å². The Balaban J connectivity index is 0. The van der Waals surface area contributed by atoms with Crippen LogP contribution in [0.4, 0.5) is 0 Å². The summed E-state index contributed by atoms with van der Waals surface area (Å²) < 4.78 is 30.5. The molecule has 0 atom stereocenters. The fraction of sp³-hybridized carbons (Fsp3) is 1.00. The van der Waals surface area contributed by atoms with Crippen molar-refractivity contribution in [3.63, 3.8) is 0 Å². The van der Waals surface area contributed by atoms with Crippen LogP contribution < -0.4 is 0 Å². The fourth-order valence-electron chi connectivity index (χ4n) is 0.779. The average molecular weight is 195 g/mol. The summed E-state index contributed by atoms with van der Waals surface area (Å²) in [4.78, 5) is 0. The highest BCUT2D eigenvalue weighted by atomic mass is 32.2. The van der Waals surface area contributed by atoms with Crippen LogP contribution in [0.25, 0.3) is 0 Å². The van der Waals surface area contributed by atoms with Gasteiger partial charge >= 0.3 is 0 Å². The van der Waals surface area contributed by atoms with Gasteiger partial charge in [-0.25, -0.2) is 8.42 Å². The second-order valence-corrected chi connectivity index (χ2v) is 5.45. The van der Waals surface area contributed by atoms with Crippen molar-refractivity contribution in [3.8, 4) is 0 Å². The van der Waals surface area contributed by atoms with Crippen molar-refractivity contribution in [3.05, 3.63) is 0 Å². The zero-order chi connectivity index (χ0) is 9.12. The summed E-state index contributed by atoms with van der Waals surface area (Å²) in [5, 5.41) is 0. The Labute approximate surface area is 75.9 Å². The summed E-state index contributed by atoms with van der Waals surface area (Å²) >= 11 is 0. The van der Waals surface area contributed by atoms with Crippen molar-refractivity contribution in [1.29, 1.82) is 0 Å². The first-order valence-corrected chi connectivity index (χ1v) is 5.22. The van der Waals surface area contributed by atoms with Gasteiger partial charge in [0.15, 0.2) is 0 Å². The Morgan fingerprint density at radius 1 is 1.25 bits per heavy atom. The molecule has 0 amide bonds. The summed E-state index contributed by atoms with van der Waals surface area (Å²) in [6.45, 7) is 6.05. The van der Waals surface area contributed by atoms with Crippen LogP contribution in [-0.4, -0.2) is 18.7 Å². The molecule has 3 nitrogen and oxygen atoms in total.